The molecule has 37 heavy (non-hydrogen) atoms. The maximum absolute atomic E-state index is 13.5. The highest BCUT2D eigenvalue weighted by molar-refractivity contribution is 5.81. The molecule has 2 aromatic carbocycles. The Morgan fingerprint density at radius 1 is 1.11 bits per heavy atom. The van der Waals surface area contributed by atoms with Crippen LogP contribution in [0.25, 0.3) is 10.9 Å². The van der Waals surface area contributed by atoms with E-state index in [1.54, 1.807) is 4.68 Å². The fourth-order valence-electron chi connectivity index (χ4n) is 5.13. The highest BCUT2D eigenvalue weighted by Gasteiger charge is 2.35. The number of nitrogens with zero attached hydrogens (tertiary/aromatic N) is 5. The van der Waals surface area contributed by atoms with E-state index in [1.165, 1.54) is 0 Å². The van der Waals surface area contributed by atoms with Crippen LogP contribution in [0.1, 0.15) is 53.9 Å². The molecule has 0 radical (unpaired) electrons. The second-order valence-electron chi connectivity index (χ2n) is 9.72. The van der Waals surface area contributed by atoms with Crippen molar-refractivity contribution in [2.75, 3.05) is 19.7 Å². The molecule has 1 aliphatic heterocycles. The van der Waals surface area contributed by atoms with Crippen molar-refractivity contribution >= 4 is 16.9 Å². The summed E-state index contributed by atoms with van der Waals surface area (Å²) in [5.74, 6) is 0.312. The molecule has 1 N–H and O–H groups in total. The molecule has 2 aromatic heterocycles. The van der Waals surface area contributed by atoms with Crippen LogP contribution in [0.5, 0.6) is 0 Å². The number of fused-ring (bicyclic) bond motifs is 1. The number of benzene rings is 2. The van der Waals surface area contributed by atoms with Gasteiger partial charge in [-0.15, -0.1) is 5.10 Å². The smallest absolute Gasteiger partial charge is 0.309 e. The summed E-state index contributed by atoms with van der Waals surface area (Å²) in [6.45, 7) is 8.04. The third kappa shape index (κ3) is 5.17. The number of carbonyl (C=O) groups excluding carboxylic acids is 1. The Kier molecular flexibility index (Phi) is 7.14. The minimum absolute atomic E-state index is 0.141. The fourth-order valence-corrected chi connectivity index (χ4v) is 5.13. The molecular formula is C28H32N6O3. The summed E-state index contributed by atoms with van der Waals surface area (Å²) in [6, 6.07) is 15.6. The van der Waals surface area contributed by atoms with Gasteiger partial charge in [0.05, 0.1) is 19.1 Å². The third-order valence-electron chi connectivity index (χ3n) is 7.28. The number of piperidine rings is 1. The molecule has 0 aliphatic carbocycles. The minimum Gasteiger partial charge on any atom is -0.466 e. The molecule has 0 unspecified atom stereocenters. The van der Waals surface area contributed by atoms with Gasteiger partial charge in [0, 0.05) is 24.2 Å². The van der Waals surface area contributed by atoms with Crippen molar-refractivity contribution in [2.24, 2.45) is 5.92 Å². The van der Waals surface area contributed by atoms with E-state index in [9.17, 15) is 9.59 Å². The minimum atomic E-state index is -0.461. The largest absolute Gasteiger partial charge is 0.466 e. The number of tetrazole rings is 1. The van der Waals surface area contributed by atoms with Crippen LogP contribution in [0.4, 0.5) is 0 Å². The lowest BCUT2D eigenvalue weighted by atomic mass is 9.93. The summed E-state index contributed by atoms with van der Waals surface area (Å²) < 4.78 is 7.02. The maximum Gasteiger partial charge on any atom is 0.309 e. The first-order valence-corrected chi connectivity index (χ1v) is 12.8. The van der Waals surface area contributed by atoms with Crippen LogP contribution >= 0.6 is 0 Å². The monoisotopic (exact) mass is 500 g/mol. The lowest BCUT2D eigenvalue weighted by Crippen LogP contribution is -2.42. The van der Waals surface area contributed by atoms with Gasteiger partial charge in [-0.1, -0.05) is 30.3 Å². The van der Waals surface area contributed by atoms with Gasteiger partial charge in [-0.05, 0) is 84.3 Å². The quantitative estimate of drug-likeness (QED) is 0.387. The SMILES string of the molecule is CCOC(=O)C1CCN([C@H](c2cc3cc(C)c(C)cc3[nH]c2=O)c2nnnn2Cc2ccccc2)CC1. The molecule has 0 spiro atoms. The van der Waals surface area contributed by atoms with Gasteiger partial charge < -0.3 is 9.72 Å². The van der Waals surface area contributed by atoms with E-state index in [4.69, 9.17) is 4.74 Å². The van der Waals surface area contributed by atoms with Gasteiger partial charge in [-0.25, -0.2) is 4.68 Å². The molecule has 3 heterocycles. The molecule has 1 fully saturated rings. The number of pyridine rings is 1. The standard InChI is InChI=1S/C28H32N6O3/c1-4-37-28(36)21-10-12-33(13-11-21)25(26-30-31-32-34(26)17-20-8-6-5-7-9-20)23-16-22-14-18(2)19(3)15-24(22)29-27(23)35/h5-9,14-16,21,25H,4,10-13,17H2,1-3H3,(H,29,35)/t25-/m1/s1. The third-order valence-corrected chi connectivity index (χ3v) is 7.28. The van der Waals surface area contributed by atoms with Crippen molar-refractivity contribution in [1.82, 2.24) is 30.1 Å². The molecule has 0 amide bonds. The zero-order valence-electron chi connectivity index (χ0n) is 21.5. The highest BCUT2D eigenvalue weighted by Crippen LogP contribution is 2.32. The summed E-state index contributed by atoms with van der Waals surface area (Å²) in [4.78, 5) is 31.2. The van der Waals surface area contributed by atoms with Gasteiger partial charge in [-0.3, -0.25) is 14.5 Å². The Labute approximate surface area is 215 Å². The molecule has 0 bridgehead atoms. The van der Waals surface area contributed by atoms with Crippen LogP contribution in [-0.2, 0) is 16.1 Å². The number of aromatic amines is 1. The number of nitrogens with one attached hydrogen (secondary N) is 1. The predicted octanol–water partition coefficient (Wildman–Crippen LogP) is 3.54. The number of esters is 1. The molecule has 0 saturated carbocycles. The van der Waals surface area contributed by atoms with Crippen LogP contribution in [0, 0.1) is 19.8 Å². The van der Waals surface area contributed by atoms with E-state index < -0.39 is 6.04 Å². The van der Waals surface area contributed by atoms with Crippen LogP contribution in [-0.4, -0.2) is 55.8 Å². The second kappa shape index (κ2) is 10.6. The van der Waals surface area contributed by atoms with Crippen molar-refractivity contribution in [3.05, 3.63) is 87.0 Å². The first-order chi connectivity index (χ1) is 17.9. The van der Waals surface area contributed by atoms with E-state index in [2.05, 4.69) is 38.4 Å². The second-order valence-corrected chi connectivity index (χ2v) is 9.72. The van der Waals surface area contributed by atoms with Crippen molar-refractivity contribution in [2.45, 2.75) is 46.2 Å². The lowest BCUT2D eigenvalue weighted by molar-refractivity contribution is -0.149. The number of hydrogen-bond acceptors (Lipinski definition) is 7. The van der Waals surface area contributed by atoms with E-state index in [-0.39, 0.29) is 17.4 Å². The summed E-state index contributed by atoms with van der Waals surface area (Å²) in [7, 11) is 0. The van der Waals surface area contributed by atoms with Crippen molar-refractivity contribution < 1.29 is 9.53 Å². The van der Waals surface area contributed by atoms with Crippen molar-refractivity contribution in [3.8, 4) is 0 Å². The Morgan fingerprint density at radius 3 is 2.57 bits per heavy atom. The van der Waals surface area contributed by atoms with E-state index >= 15 is 0 Å². The fraction of sp³-hybridized carbons (Fsp3) is 0.393. The topological polar surface area (TPSA) is 106 Å². The molecule has 1 saturated heterocycles. The average Bonchev–Trinajstić information content (AvgIpc) is 3.34. The summed E-state index contributed by atoms with van der Waals surface area (Å²) in [6.07, 6.45) is 1.30. The van der Waals surface area contributed by atoms with Crippen LogP contribution in [0.3, 0.4) is 0 Å². The number of aryl methyl sites for hydroxylation is 2. The lowest BCUT2D eigenvalue weighted by Gasteiger charge is -2.36. The Balaban J connectivity index is 1.56. The number of rotatable bonds is 7. The van der Waals surface area contributed by atoms with Crippen molar-refractivity contribution in [3.63, 3.8) is 0 Å². The Morgan fingerprint density at radius 2 is 1.84 bits per heavy atom. The van der Waals surface area contributed by atoms with Gasteiger partial charge in [0.1, 0.15) is 6.04 Å². The van der Waals surface area contributed by atoms with Gasteiger partial charge in [0.15, 0.2) is 5.82 Å². The molecule has 9 heteroatoms. The number of aromatic nitrogens is 5. The van der Waals surface area contributed by atoms with Crippen LogP contribution in [0.2, 0.25) is 0 Å². The number of likely N-dealkylation sites (tertiary alicyclic amines) is 1. The molecular weight excluding hydrogens is 468 g/mol. The zero-order valence-corrected chi connectivity index (χ0v) is 21.5. The maximum atomic E-state index is 13.5. The Bertz CT molecular complexity index is 1450. The summed E-state index contributed by atoms with van der Waals surface area (Å²) in [5, 5.41) is 13.7. The number of H-pyrrole nitrogens is 1. The normalized spacial score (nSPS) is 15.6. The molecule has 4 aromatic rings. The first-order valence-electron chi connectivity index (χ1n) is 12.8. The molecule has 1 atom stereocenters. The van der Waals surface area contributed by atoms with E-state index in [0.29, 0.717) is 50.5 Å². The van der Waals surface area contributed by atoms with Crippen LogP contribution in [0.15, 0.2) is 53.3 Å². The first kappa shape index (κ1) is 24.8. The zero-order chi connectivity index (χ0) is 25.9. The van der Waals surface area contributed by atoms with Gasteiger partial charge >= 0.3 is 5.97 Å². The molecule has 1 aliphatic rings. The summed E-state index contributed by atoms with van der Waals surface area (Å²) >= 11 is 0. The highest BCUT2D eigenvalue weighted by atomic mass is 16.5. The average molecular weight is 501 g/mol. The van der Waals surface area contributed by atoms with Gasteiger partial charge in [0.25, 0.3) is 5.56 Å². The molecule has 9 nitrogen and oxygen atoms in total. The number of hydrogen-bond donors (Lipinski definition) is 1. The Hall–Kier alpha value is -3.85. The summed E-state index contributed by atoms with van der Waals surface area (Å²) in [5.41, 5.74) is 4.58. The number of carbonyl (C=O) groups is 1. The van der Waals surface area contributed by atoms with Gasteiger partial charge in [0.2, 0.25) is 0 Å². The van der Waals surface area contributed by atoms with E-state index in [0.717, 1.165) is 27.6 Å². The number of ether oxygens (including phenoxy) is 1. The molecule has 192 valence electrons. The predicted molar refractivity (Wildman–Crippen MR) is 140 cm³/mol. The van der Waals surface area contributed by atoms with Gasteiger partial charge in [-0.2, -0.15) is 0 Å². The van der Waals surface area contributed by atoms with E-state index in [1.807, 2.05) is 56.3 Å². The molecule has 5 rings (SSSR count). The van der Waals surface area contributed by atoms with Crippen molar-refractivity contribution in [1.29, 1.82) is 0 Å². The van der Waals surface area contributed by atoms with Crippen LogP contribution < -0.4 is 5.56 Å².